The lowest BCUT2D eigenvalue weighted by Gasteiger charge is -2.29. The summed E-state index contributed by atoms with van der Waals surface area (Å²) in [6.07, 6.45) is -2.12. The van der Waals surface area contributed by atoms with Gasteiger partial charge in [-0.1, -0.05) is 24.3 Å². The van der Waals surface area contributed by atoms with Crippen molar-refractivity contribution in [2.45, 2.75) is 44.4 Å². The molecule has 29 heavy (non-hydrogen) atoms. The minimum absolute atomic E-state index is 0.0698. The van der Waals surface area contributed by atoms with Crippen LogP contribution in [0.5, 0.6) is 0 Å². The summed E-state index contributed by atoms with van der Waals surface area (Å²) < 4.78 is 39.9. The number of benzene rings is 2. The predicted molar refractivity (Wildman–Crippen MR) is 101 cm³/mol. The van der Waals surface area contributed by atoms with E-state index in [4.69, 9.17) is 0 Å². The minimum Gasteiger partial charge on any atom is -0.324 e. The van der Waals surface area contributed by atoms with Gasteiger partial charge < -0.3 is 5.32 Å². The van der Waals surface area contributed by atoms with E-state index in [1.807, 2.05) is 24.3 Å². The fraction of sp³-hybridized carbons (Fsp3) is 0.350. The number of non-ortho nitro benzene ring substituents is 1. The van der Waals surface area contributed by atoms with Gasteiger partial charge in [-0.25, -0.2) is 0 Å². The van der Waals surface area contributed by atoms with Crippen LogP contribution in [0.4, 0.5) is 24.5 Å². The van der Waals surface area contributed by atoms with Gasteiger partial charge in [-0.05, 0) is 43.4 Å². The third kappa shape index (κ3) is 4.73. The van der Waals surface area contributed by atoms with Crippen molar-refractivity contribution in [1.82, 2.24) is 5.32 Å². The Morgan fingerprint density at radius 2 is 1.97 bits per heavy atom. The van der Waals surface area contributed by atoms with Crippen molar-refractivity contribution >= 4 is 17.3 Å². The van der Waals surface area contributed by atoms with Crippen molar-refractivity contribution in [3.63, 3.8) is 0 Å². The van der Waals surface area contributed by atoms with Gasteiger partial charge >= 0.3 is 6.18 Å². The van der Waals surface area contributed by atoms with E-state index in [0.29, 0.717) is 6.07 Å². The van der Waals surface area contributed by atoms with Crippen LogP contribution in [-0.4, -0.2) is 16.9 Å². The summed E-state index contributed by atoms with van der Waals surface area (Å²) >= 11 is 0. The number of nitro benzene ring substituents is 1. The maximum absolute atomic E-state index is 13.3. The zero-order valence-corrected chi connectivity index (χ0v) is 15.6. The third-order valence-electron chi connectivity index (χ3n) is 4.99. The van der Waals surface area contributed by atoms with E-state index < -0.39 is 40.0 Å². The summed E-state index contributed by atoms with van der Waals surface area (Å²) in [5.41, 5.74) is -0.176. The molecule has 0 spiro atoms. The Balaban J connectivity index is 1.76. The van der Waals surface area contributed by atoms with Gasteiger partial charge in [0.1, 0.15) is 0 Å². The molecule has 1 amide bonds. The number of nitro groups is 1. The second-order valence-electron chi connectivity index (χ2n) is 7.01. The lowest BCUT2D eigenvalue weighted by atomic mass is 9.87. The molecule has 6 nitrogen and oxygen atoms in total. The number of carbonyl (C=O) groups is 1. The van der Waals surface area contributed by atoms with Crippen LogP contribution in [0.3, 0.4) is 0 Å². The normalized spacial score (nSPS) is 17.3. The van der Waals surface area contributed by atoms with E-state index in [1.165, 1.54) is 5.56 Å². The van der Waals surface area contributed by atoms with Crippen LogP contribution < -0.4 is 10.6 Å². The summed E-state index contributed by atoms with van der Waals surface area (Å²) in [4.78, 5) is 22.4. The number of hydrogen-bond donors (Lipinski definition) is 2. The molecule has 2 atom stereocenters. The first-order valence-electron chi connectivity index (χ1n) is 9.17. The standard InChI is InChI=1S/C20H20F3N3O3/c1-12(24-17-8-4-6-13-5-2-3-7-15(13)17)19(27)25-18-10-9-14(26(28)29)11-16(18)20(21,22)23/h2-3,5,7,9-12,17,24H,4,6,8H2,1H3,(H,25,27)/t12-,17+/m1/s1. The molecule has 9 heteroatoms. The van der Waals surface area contributed by atoms with Crippen LogP contribution in [0.1, 0.15) is 42.5 Å². The number of anilines is 1. The van der Waals surface area contributed by atoms with Crippen LogP contribution in [-0.2, 0) is 17.4 Å². The monoisotopic (exact) mass is 407 g/mol. The summed E-state index contributed by atoms with van der Waals surface area (Å²) in [6.45, 7) is 1.57. The molecule has 3 rings (SSSR count). The second kappa shape index (κ2) is 8.20. The van der Waals surface area contributed by atoms with E-state index >= 15 is 0 Å². The highest BCUT2D eigenvalue weighted by Gasteiger charge is 2.36. The van der Waals surface area contributed by atoms with Gasteiger partial charge in [0.05, 0.1) is 22.2 Å². The average molecular weight is 407 g/mol. The molecule has 0 radical (unpaired) electrons. The Labute approximate surface area is 165 Å². The number of nitrogens with zero attached hydrogens (tertiary/aromatic N) is 1. The molecule has 154 valence electrons. The molecule has 2 N–H and O–H groups in total. The summed E-state index contributed by atoms with van der Waals surface area (Å²) in [7, 11) is 0. The first-order chi connectivity index (χ1) is 13.7. The Hall–Kier alpha value is -2.94. The second-order valence-corrected chi connectivity index (χ2v) is 7.01. The zero-order valence-electron chi connectivity index (χ0n) is 15.6. The van der Waals surface area contributed by atoms with Gasteiger partial charge in [0.2, 0.25) is 5.91 Å². The predicted octanol–water partition coefficient (Wildman–Crippen LogP) is 4.61. The van der Waals surface area contributed by atoms with E-state index in [0.717, 1.165) is 37.0 Å². The van der Waals surface area contributed by atoms with Crippen LogP contribution in [0, 0.1) is 10.1 Å². The number of amides is 1. The van der Waals surface area contributed by atoms with E-state index in [1.54, 1.807) is 6.92 Å². The SMILES string of the molecule is C[C@@H](N[C@H]1CCCc2ccccc21)C(=O)Nc1ccc([N+](=O)[O-])cc1C(F)(F)F. The van der Waals surface area contributed by atoms with Crippen LogP contribution in [0.25, 0.3) is 0 Å². The Morgan fingerprint density at radius 3 is 2.66 bits per heavy atom. The summed E-state index contributed by atoms with van der Waals surface area (Å²) in [5.74, 6) is -0.646. The van der Waals surface area contributed by atoms with Crippen molar-refractivity contribution in [3.8, 4) is 0 Å². The van der Waals surface area contributed by atoms with Crippen LogP contribution in [0.2, 0.25) is 0 Å². The number of nitrogens with one attached hydrogen (secondary N) is 2. The molecule has 0 saturated carbocycles. The number of alkyl halides is 3. The van der Waals surface area contributed by atoms with Gasteiger partial charge in [-0.2, -0.15) is 13.2 Å². The van der Waals surface area contributed by atoms with Gasteiger partial charge in [0.15, 0.2) is 0 Å². The van der Waals surface area contributed by atoms with Gasteiger partial charge in [0.25, 0.3) is 5.69 Å². The first kappa shape index (κ1) is 20.8. The molecule has 0 saturated heterocycles. The van der Waals surface area contributed by atoms with Gasteiger partial charge in [-0.15, -0.1) is 0 Å². The number of halogens is 3. The van der Waals surface area contributed by atoms with Gasteiger partial charge in [0, 0.05) is 18.2 Å². The number of rotatable bonds is 5. The van der Waals surface area contributed by atoms with Crippen molar-refractivity contribution < 1.29 is 22.9 Å². The van der Waals surface area contributed by atoms with Crippen molar-refractivity contribution in [1.29, 1.82) is 0 Å². The van der Waals surface area contributed by atoms with Crippen LogP contribution >= 0.6 is 0 Å². The summed E-state index contributed by atoms with van der Waals surface area (Å²) in [6, 6.07) is 9.30. The average Bonchev–Trinajstić information content (AvgIpc) is 2.67. The molecule has 2 aromatic carbocycles. The van der Waals surface area contributed by atoms with Crippen LogP contribution in [0.15, 0.2) is 42.5 Å². The highest BCUT2D eigenvalue weighted by atomic mass is 19.4. The molecule has 2 aromatic rings. The first-order valence-corrected chi connectivity index (χ1v) is 9.17. The molecule has 1 aliphatic carbocycles. The fourth-order valence-corrected chi connectivity index (χ4v) is 3.53. The molecule has 0 fully saturated rings. The molecule has 0 heterocycles. The number of fused-ring (bicyclic) bond motifs is 1. The topological polar surface area (TPSA) is 84.3 Å². The molecular weight excluding hydrogens is 387 g/mol. The molecule has 0 aromatic heterocycles. The number of aryl methyl sites for hydroxylation is 1. The lowest BCUT2D eigenvalue weighted by Crippen LogP contribution is -2.41. The minimum atomic E-state index is -4.84. The maximum atomic E-state index is 13.3. The number of hydrogen-bond acceptors (Lipinski definition) is 4. The van der Waals surface area contributed by atoms with Crippen molar-refractivity contribution in [2.24, 2.45) is 0 Å². The van der Waals surface area contributed by atoms with Crippen molar-refractivity contribution in [3.05, 3.63) is 69.3 Å². The lowest BCUT2D eigenvalue weighted by molar-refractivity contribution is -0.385. The maximum Gasteiger partial charge on any atom is 0.418 e. The highest BCUT2D eigenvalue weighted by Crippen LogP contribution is 2.37. The molecule has 0 aliphatic heterocycles. The van der Waals surface area contributed by atoms with E-state index in [9.17, 15) is 28.1 Å². The molecule has 0 unspecified atom stereocenters. The highest BCUT2D eigenvalue weighted by molar-refractivity contribution is 5.95. The van der Waals surface area contributed by atoms with Gasteiger partial charge in [-0.3, -0.25) is 20.2 Å². The zero-order chi connectivity index (χ0) is 21.2. The Bertz CT molecular complexity index is 931. The van der Waals surface area contributed by atoms with Crippen molar-refractivity contribution in [2.75, 3.05) is 5.32 Å². The number of carbonyl (C=O) groups excluding carboxylic acids is 1. The van der Waals surface area contributed by atoms with E-state index in [-0.39, 0.29) is 6.04 Å². The third-order valence-corrected chi connectivity index (χ3v) is 4.99. The quantitative estimate of drug-likeness (QED) is 0.560. The Kier molecular flexibility index (Phi) is 5.88. The fourth-order valence-electron chi connectivity index (χ4n) is 3.53. The van der Waals surface area contributed by atoms with E-state index in [2.05, 4.69) is 10.6 Å². The smallest absolute Gasteiger partial charge is 0.324 e. The molecule has 1 aliphatic rings. The molecular formula is C20H20F3N3O3. The largest absolute Gasteiger partial charge is 0.418 e. The Morgan fingerprint density at radius 1 is 1.24 bits per heavy atom. The molecule has 0 bridgehead atoms. The summed E-state index contributed by atoms with van der Waals surface area (Å²) in [5, 5.41) is 16.2.